The molecule has 1 aromatic carbocycles. The zero-order chi connectivity index (χ0) is 29.1. The minimum absolute atomic E-state index is 0.0911. The first-order valence-corrected chi connectivity index (χ1v) is 15.1. The maximum Gasteiger partial charge on any atom is 0.337 e. The quantitative estimate of drug-likeness (QED) is 0.452. The summed E-state index contributed by atoms with van der Waals surface area (Å²) in [6, 6.07) is 1.77. The van der Waals surface area contributed by atoms with Crippen LogP contribution in [0.5, 0.6) is 5.88 Å². The lowest BCUT2D eigenvalue weighted by Gasteiger charge is -2.38. The van der Waals surface area contributed by atoms with Crippen LogP contribution in [-0.2, 0) is 26.1 Å². The van der Waals surface area contributed by atoms with Crippen LogP contribution in [0.1, 0.15) is 87.8 Å². The molecule has 0 amide bonds. The molecule has 2 aliphatic rings. The van der Waals surface area contributed by atoms with Gasteiger partial charge in [0.05, 0.1) is 31.2 Å². The number of methoxy groups -OCH3 is 1. The van der Waals surface area contributed by atoms with Gasteiger partial charge in [-0.25, -0.2) is 18.2 Å². The third kappa shape index (κ3) is 5.57. The molecule has 9 heteroatoms. The average Bonchev–Trinajstić information content (AvgIpc) is 2.82. The van der Waals surface area contributed by atoms with Gasteiger partial charge >= 0.3 is 5.97 Å². The summed E-state index contributed by atoms with van der Waals surface area (Å²) in [5.41, 5.74) is 6.04. The molecule has 0 unspecified atom stereocenters. The van der Waals surface area contributed by atoms with Crippen molar-refractivity contribution in [3.8, 4) is 17.0 Å². The number of carboxylic acid groups (broad SMARTS) is 1. The third-order valence-electron chi connectivity index (χ3n) is 7.67. The molecule has 212 valence electrons. The molecular formula is C30H40N2O6S. The molecule has 0 radical (unpaired) electrons. The predicted molar refractivity (Wildman–Crippen MR) is 154 cm³/mol. The second-order valence-corrected chi connectivity index (χ2v) is 14.4. The molecule has 0 spiro atoms. The van der Waals surface area contributed by atoms with Crippen LogP contribution in [0, 0.1) is 19.3 Å². The Bertz CT molecular complexity index is 1470. The highest BCUT2D eigenvalue weighted by Crippen LogP contribution is 2.52. The van der Waals surface area contributed by atoms with Crippen molar-refractivity contribution in [3.63, 3.8) is 0 Å². The Morgan fingerprint density at radius 1 is 1.18 bits per heavy atom. The molecular weight excluding hydrogens is 516 g/mol. The molecule has 1 N–H and O–H groups in total. The van der Waals surface area contributed by atoms with Crippen molar-refractivity contribution >= 4 is 27.3 Å². The standard InChI is InChI=1S/C30H40N2O6S/c1-17-23(19-10-12-30(6,7)13-11-19)25(27(28(33)34)38-29(3,4)5)18(2)26-24(17)21-15-31-22(37-8)14-20(21)16-32(26)39(9,35)36/h10,14-15,27H,11-13,16H2,1-9H3,(H,33,34)/t27-/m0/s1. The van der Waals surface area contributed by atoms with Gasteiger partial charge in [0.2, 0.25) is 15.9 Å². The van der Waals surface area contributed by atoms with Crippen LogP contribution in [-0.4, -0.2) is 43.4 Å². The van der Waals surface area contributed by atoms with Gasteiger partial charge in [-0.05, 0) is 87.1 Å². The number of allylic oxidation sites excluding steroid dienone is 2. The van der Waals surface area contributed by atoms with E-state index in [9.17, 15) is 18.3 Å². The average molecular weight is 557 g/mol. The van der Waals surface area contributed by atoms with Crippen molar-refractivity contribution in [2.45, 2.75) is 86.0 Å². The van der Waals surface area contributed by atoms with E-state index in [4.69, 9.17) is 9.47 Å². The lowest BCUT2D eigenvalue weighted by molar-refractivity contribution is -0.160. The number of sulfonamides is 1. The highest BCUT2D eigenvalue weighted by atomic mass is 32.2. The zero-order valence-corrected chi connectivity index (χ0v) is 25.2. The molecule has 1 aliphatic carbocycles. The van der Waals surface area contributed by atoms with E-state index >= 15 is 0 Å². The molecule has 1 atom stereocenters. The van der Waals surface area contributed by atoms with Gasteiger partial charge in [0.1, 0.15) is 0 Å². The van der Waals surface area contributed by atoms with Crippen LogP contribution < -0.4 is 9.04 Å². The van der Waals surface area contributed by atoms with Gasteiger partial charge in [0.15, 0.2) is 6.10 Å². The monoisotopic (exact) mass is 556 g/mol. The topological polar surface area (TPSA) is 106 Å². The first-order valence-electron chi connectivity index (χ1n) is 13.2. The summed E-state index contributed by atoms with van der Waals surface area (Å²) < 4.78 is 39.3. The molecule has 2 heterocycles. The van der Waals surface area contributed by atoms with Gasteiger partial charge in [-0.3, -0.25) is 4.31 Å². The fourth-order valence-corrected chi connectivity index (χ4v) is 6.67. The van der Waals surface area contributed by atoms with E-state index in [0.717, 1.165) is 52.7 Å². The molecule has 0 fully saturated rings. The fraction of sp³-hybridized carbons (Fsp3) is 0.533. The number of hydrogen-bond acceptors (Lipinski definition) is 6. The van der Waals surface area contributed by atoms with Gasteiger partial charge in [-0.15, -0.1) is 0 Å². The van der Waals surface area contributed by atoms with E-state index in [0.29, 0.717) is 22.7 Å². The Kier molecular flexibility index (Phi) is 7.40. The maximum atomic E-state index is 13.2. The summed E-state index contributed by atoms with van der Waals surface area (Å²) in [6.07, 6.45) is 6.43. The van der Waals surface area contributed by atoms with Gasteiger partial charge < -0.3 is 14.6 Å². The molecule has 1 aromatic heterocycles. The first-order chi connectivity index (χ1) is 17.9. The highest BCUT2D eigenvalue weighted by molar-refractivity contribution is 7.92. The number of anilines is 1. The number of fused-ring (bicyclic) bond motifs is 3. The summed E-state index contributed by atoms with van der Waals surface area (Å²) in [7, 11) is -2.20. The predicted octanol–water partition coefficient (Wildman–Crippen LogP) is 6.19. The number of rotatable bonds is 6. The Labute approximate surface area is 232 Å². The number of nitrogens with zero attached hydrogens (tertiary/aromatic N) is 2. The third-order valence-corrected chi connectivity index (χ3v) is 8.79. The van der Waals surface area contributed by atoms with E-state index in [-0.39, 0.29) is 12.0 Å². The Hall–Kier alpha value is -2.91. The van der Waals surface area contributed by atoms with Crippen LogP contribution in [0.4, 0.5) is 5.69 Å². The Morgan fingerprint density at radius 2 is 1.85 bits per heavy atom. The van der Waals surface area contributed by atoms with Crippen LogP contribution in [0.2, 0.25) is 0 Å². The van der Waals surface area contributed by atoms with E-state index in [1.807, 2.05) is 34.6 Å². The molecule has 8 nitrogen and oxygen atoms in total. The van der Waals surface area contributed by atoms with Crippen LogP contribution in [0.15, 0.2) is 18.3 Å². The Morgan fingerprint density at radius 3 is 2.36 bits per heavy atom. The molecule has 0 bridgehead atoms. The molecule has 2 aromatic rings. The molecule has 39 heavy (non-hydrogen) atoms. The van der Waals surface area contributed by atoms with E-state index < -0.39 is 27.7 Å². The highest BCUT2D eigenvalue weighted by Gasteiger charge is 2.39. The van der Waals surface area contributed by atoms with Crippen molar-refractivity contribution < 1.29 is 27.8 Å². The number of benzene rings is 1. The van der Waals surface area contributed by atoms with Crippen molar-refractivity contribution in [2.24, 2.45) is 5.41 Å². The van der Waals surface area contributed by atoms with Gasteiger partial charge in [-0.1, -0.05) is 19.9 Å². The van der Waals surface area contributed by atoms with Crippen LogP contribution in [0.25, 0.3) is 16.7 Å². The van der Waals surface area contributed by atoms with Crippen molar-refractivity contribution in [1.29, 1.82) is 0 Å². The summed E-state index contributed by atoms with van der Waals surface area (Å²) >= 11 is 0. The number of aromatic nitrogens is 1. The first kappa shape index (κ1) is 29.1. The number of hydrogen-bond donors (Lipinski definition) is 1. The normalized spacial score (nSPS) is 17.7. The summed E-state index contributed by atoms with van der Waals surface area (Å²) in [6.45, 7) is 13.8. The van der Waals surface area contributed by atoms with Crippen molar-refractivity contribution in [1.82, 2.24) is 4.98 Å². The molecule has 4 rings (SSSR count). The lowest BCUT2D eigenvalue weighted by Crippen LogP contribution is -2.35. The summed E-state index contributed by atoms with van der Waals surface area (Å²) in [4.78, 5) is 17.2. The van der Waals surface area contributed by atoms with E-state index in [1.165, 1.54) is 17.7 Å². The van der Waals surface area contributed by atoms with Gasteiger partial charge in [-0.2, -0.15) is 0 Å². The Balaban J connectivity index is 2.16. The largest absolute Gasteiger partial charge is 0.481 e. The molecule has 0 saturated carbocycles. The fourth-order valence-electron chi connectivity index (χ4n) is 5.74. The zero-order valence-electron chi connectivity index (χ0n) is 24.4. The second kappa shape index (κ2) is 9.93. The van der Waals surface area contributed by atoms with Gasteiger partial charge in [0, 0.05) is 29.0 Å². The minimum atomic E-state index is -3.72. The summed E-state index contributed by atoms with van der Waals surface area (Å²) in [5.74, 6) is -0.711. The number of aliphatic carboxylic acids is 1. The SMILES string of the molecule is COc1cc2c(cn1)-c1c(C)c(C3=CCC(C)(C)CC3)c([C@H](OC(C)(C)C)C(=O)O)c(C)c1N(S(C)(=O)=O)C2. The minimum Gasteiger partial charge on any atom is -0.481 e. The van der Waals surface area contributed by atoms with Crippen molar-refractivity contribution in [3.05, 3.63) is 46.2 Å². The smallest absolute Gasteiger partial charge is 0.337 e. The summed E-state index contributed by atoms with van der Waals surface area (Å²) in [5, 5.41) is 10.5. The molecule has 1 aliphatic heterocycles. The van der Waals surface area contributed by atoms with Gasteiger partial charge in [0.25, 0.3) is 0 Å². The van der Waals surface area contributed by atoms with Crippen LogP contribution >= 0.6 is 0 Å². The molecule has 0 saturated heterocycles. The van der Waals surface area contributed by atoms with E-state index in [1.54, 1.807) is 12.3 Å². The number of carboxylic acids is 1. The number of pyridine rings is 1. The maximum absolute atomic E-state index is 13.2. The lowest BCUT2D eigenvalue weighted by atomic mass is 9.73. The van der Waals surface area contributed by atoms with Crippen LogP contribution in [0.3, 0.4) is 0 Å². The van der Waals surface area contributed by atoms with Crippen molar-refractivity contribution in [2.75, 3.05) is 17.7 Å². The van der Waals surface area contributed by atoms with E-state index in [2.05, 4.69) is 24.9 Å². The number of carbonyl (C=O) groups is 1. The number of ether oxygens (including phenoxy) is 2. The second-order valence-electron chi connectivity index (χ2n) is 12.5.